The van der Waals surface area contributed by atoms with Crippen LogP contribution < -0.4 is 10.2 Å². The molecule has 0 fully saturated rings. The van der Waals surface area contributed by atoms with Gasteiger partial charge >= 0.3 is 0 Å². The Morgan fingerprint density at radius 3 is 2.22 bits per heavy atom. The summed E-state index contributed by atoms with van der Waals surface area (Å²) in [5, 5.41) is 2.94. The first-order valence-corrected chi connectivity index (χ1v) is 9.48. The second-order valence-electron chi connectivity index (χ2n) is 7.82. The molecule has 0 radical (unpaired) electrons. The van der Waals surface area contributed by atoms with Crippen molar-refractivity contribution >= 4 is 23.2 Å². The van der Waals surface area contributed by atoms with Gasteiger partial charge in [-0.15, -0.1) is 0 Å². The van der Waals surface area contributed by atoms with Gasteiger partial charge < -0.3 is 19.9 Å². The quantitative estimate of drug-likeness (QED) is 0.717. The van der Waals surface area contributed by atoms with Crippen molar-refractivity contribution in [3.05, 3.63) is 23.8 Å². The summed E-state index contributed by atoms with van der Waals surface area (Å²) < 4.78 is 5.07. The fourth-order valence-corrected chi connectivity index (χ4v) is 2.72. The zero-order valence-corrected chi connectivity index (χ0v) is 18.0. The topological polar surface area (TPSA) is 61.9 Å². The van der Waals surface area contributed by atoms with E-state index in [0.29, 0.717) is 12.5 Å². The fourth-order valence-electron chi connectivity index (χ4n) is 2.72. The third-order valence-corrected chi connectivity index (χ3v) is 4.74. The van der Waals surface area contributed by atoms with Crippen molar-refractivity contribution < 1.29 is 14.3 Å². The number of amides is 2. The Morgan fingerprint density at radius 2 is 1.74 bits per heavy atom. The summed E-state index contributed by atoms with van der Waals surface area (Å²) in [4.78, 5) is 28.6. The van der Waals surface area contributed by atoms with E-state index in [9.17, 15) is 9.59 Å². The van der Waals surface area contributed by atoms with Gasteiger partial charge in [-0.25, -0.2) is 0 Å². The number of carbonyl (C=O) groups excluding carboxylic acids is 2. The zero-order chi connectivity index (χ0) is 20.7. The van der Waals surface area contributed by atoms with E-state index in [1.54, 1.807) is 0 Å². The first kappa shape index (κ1) is 23.0. The molecule has 0 saturated carbocycles. The minimum atomic E-state index is -0.0947. The van der Waals surface area contributed by atoms with Gasteiger partial charge in [0.15, 0.2) is 0 Å². The number of anilines is 2. The number of benzene rings is 1. The van der Waals surface area contributed by atoms with Crippen molar-refractivity contribution in [2.75, 3.05) is 38.0 Å². The molecule has 152 valence electrons. The van der Waals surface area contributed by atoms with Crippen molar-refractivity contribution in [3.63, 3.8) is 0 Å². The number of carbonyl (C=O) groups is 2. The van der Waals surface area contributed by atoms with Gasteiger partial charge in [0.1, 0.15) is 6.61 Å². The lowest BCUT2D eigenvalue weighted by Gasteiger charge is -2.33. The molecule has 0 heterocycles. The molecule has 0 aromatic heterocycles. The third kappa shape index (κ3) is 6.54. The molecule has 1 aromatic rings. The molecule has 1 atom stereocenters. The maximum Gasteiger partial charge on any atom is 0.249 e. The smallest absolute Gasteiger partial charge is 0.249 e. The Kier molecular flexibility index (Phi) is 8.76. The van der Waals surface area contributed by atoms with Crippen molar-refractivity contribution in [2.45, 2.75) is 47.2 Å². The molecule has 2 amide bonds. The molecular formula is C21H35N3O3. The fraction of sp³-hybridized carbons (Fsp3) is 0.619. The molecule has 0 saturated heterocycles. The van der Waals surface area contributed by atoms with Crippen LogP contribution in [0, 0.1) is 11.8 Å². The van der Waals surface area contributed by atoms with E-state index in [0.717, 1.165) is 16.9 Å². The maximum absolute atomic E-state index is 12.6. The normalized spacial score (nSPS) is 12.2. The van der Waals surface area contributed by atoms with Gasteiger partial charge in [-0.3, -0.25) is 9.59 Å². The molecule has 0 spiro atoms. The Labute approximate surface area is 163 Å². The molecule has 1 rings (SSSR count). The number of hydrogen-bond acceptors (Lipinski definition) is 4. The van der Waals surface area contributed by atoms with Gasteiger partial charge in [-0.2, -0.15) is 0 Å². The lowest BCUT2D eigenvalue weighted by atomic mass is 10.0. The van der Waals surface area contributed by atoms with Crippen LogP contribution in [0.1, 0.15) is 40.2 Å². The van der Waals surface area contributed by atoms with Gasteiger partial charge in [0, 0.05) is 51.1 Å². The second kappa shape index (κ2) is 10.3. The lowest BCUT2D eigenvalue weighted by molar-refractivity contribution is -0.138. The highest BCUT2D eigenvalue weighted by molar-refractivity contribution is 5.92. The molecule has 0 aliphatic heterocycles. The van der Waals surface area contributed by atoms with E-state index in [1.807, 2.05) is 55.9 Å². The number of methoxy groups -OCH3 is 1. The Hall–Kier alpha value is -2.08. The highest BCUT2D eigenvalue weighted by Gasteiger charge is 2.24. The van der Waals surface area contributed by atoms with Crippen LogP contribution in [0.4, 0.5) is 11.4 Å². The number of nitrogens with zero attached hydrogens (tertiary/aromatic N) is 2. The Bertz CT molecular complexity index is 642. The summed E-state index contributed by atoms with van der Waals surface area (Å²) in [7, 11) is 5.47. The van der Waals surface area contributed by atoms with Crippen molar-refractivity contribution in [2.24, 2.45) is 11.8 Å². The van der Waals surface area contributed by atoms with Gasteiger partial charge in [0.2, 0.25) is 11.8 Å². The van der Waals surface area contributed by atoms with Crippen LogP contribution >= 0.6 is 0 Å². The van der Waals surface area contributed by atoms with Crippen LogP contribution in [0.3, 0.4) is 0 Å². The van der Waals surface area contributed by atoms with Crippen LogP contribution in [-0.4, -0.2) is 50.6 Å². The first-order chi connectivity index (χ1) is 12.6. The Morgan fingerprint density at radius 1 is 1.11 bits per heavy atom. The van der Waals surface area contributed by atoms with Crippen LogP contribution in [-0.2, 0) is 20.9 Å². The Balaban J connectivity index is 3.24. The zero-order valence-electron chi connectivity index (χ0n) is 18.0. The number of hydrogen-bond donors (Lipinski definition) is 1. The predicted octanol–water partition coefficient (Wildman–Crippen LogP) is 3.37. The molecule has 0 aliphatic rings. The van der Waals surface area contributed by atoms with Gasteiger partial charge in [-0.05, 0) is 36.6 Å². The van der Waals surface area contributed by atoms with Crippen molar-refractivity contribution in [1.29, 1.82) is 0 Å². The van der Waals surface area contributed by atoms with E-state index >= 15 is 0 Å². The average Bonchev–Trinajstić information content (AvgIpc) is 2.58. The largest absolute Gasteiger partial charge is 0.377 e. The summed E-state index contributed by atoms with van der Waals surface area (Å²) in [6, 6.07) is 5.89. The highest BCUT2D eigenvalue weighted by atomic mass is 16.5. The van der Waals surface area contributed by atoms with Crippen LogP contribution in [0.2, 0.25) is 0 Å². The van der Waals surface area contributed by atoms with Gasteiger partial charge in [0.05, 0.1) is 0 Å². The summed E-state index contributed by atoms with van der Waals surface area (Å²) in [6.45, 7) is 10.5. The molecule has 0 aliphatic carbocycles. The minimum absolute atomic E-state index is 0.0265. The molecule has 0 bridgehead atoms. The molecule has 1 unspecified atom stereocenters. The SMILES string of the molecule is COCC(=O)N(Cc1cc(NC(=O)C(C)C)ccc1N(C)C)C(C)C(C)C. The monoisotopic (exact) mass is 377 g/mol. The molecule has 6 nitrogen and oxygen atoms in total. The van der Waals surface area contributed by atoms with Crippen molar-refractivity contribution in [3.8, 4) is 0 Å². The summed E-state index contributed by atoms with van der Waals surface area (Å²) in [5.41, 5.74) is 2.74. The van der Waals surface area contributed by atoms with E-state index in [4.69, 9.17) is 4.74 Å². The standard InChI is InChI=1S/C21H35N3O3/c1-14(2)16(5)24(20(25)13-27-8)12-17-11-18(22-21(26)15(3)4)9-10-19(17)23(6)7/h9-11,14-16H,12-13H2,1-8H3,(H,22,26). The molecule has 1 N–H and O–H groups in total. The van der Waals surface area contributed by atoms with Crippen LogP contribution in [0.15, 0.2) is 18.2 Å². The molecular weight excluding hydrogens is 342 g/mol. The molecule has 27 heavy (non-hydrogen) atoms. The highest BCUT2D eigenvalue weighted by Crippen LogP contribution is 2.26. The third-order valence-electron chi connectivity index (χ3n) is 4.74. The van der Waals surface area contributed by atoms with Gasteiger partial charge in [0.25, 0.3) is 0 Å². The first-order valence-electron chi connectivity index (χ1n) is 9.48. The van der Waals surface area contributed by atoms with Gasteiger partial charge in [-0.1, -0.05) is 27.7 Å². The predicted molar refractivity (Wildman–Crippen MR) is 111 cm³/mol. The van der Waals surface area contributed by atoms with E-state index < -0.39 is 0 Å². The van der Waals surface area contributed by atoms with Crippen LogP contribution in [0.25, 0.3) is 0 Å². The van der Waals surface area contributed by atoms with Crippen molar-refractivity contribution in [1.82, 2.24) is 4.90 Å². The molecule has 6 heteroatoms. The summed E-state index contributed by atoms with van der Waals surface area (Å²) in [5.74, 6) is 0.154. The lowest BCUT2D eigenvalue weighted by Crippen LogP contribution is -2.43. The van der Waals surface area contributed by atoms with Crippen LogP contribution in [0.5, 0.6) is 0 Å². The average molecular weight is 378 g/mol. The van der Waals surface area contributed by atoms with E-state index in [1.165, 1.54) is 7.11 Å². The maximum atomic E-state index is 12.6. The number of nitrogens with one attached hydrogen (secondary N) is 1. The summed E-state index contributed by atoms with van der Waals surface area (Å²) in [6.07, 6.45) is 0. The van der Waals surface area contributed by atoms with E-state index in [-0.39, 0.29) is 30.4 Å². The minimum Gasteiger partial charge on any atom is -0.377 e. The summed E-state index contributed by atoms with van der Waals surface area (Å²) >= 11 is 0. The number of rotatable bonds is 9. The van der Waals surface area contributed by atoms with E-state index in [2.05, 4.69) is 26.1 Å². The molecule has 1 aromatic carbocycles. The number of ether oxygens (including phenoxy) is 1. The second-order valence-corrected chi connectivity index (χ2v) is 7.82.